The smallest absolute Gasteiger partial charge is 0.229 e. The average molecular weight is 374 g/mol. The van der Waals surface area contributed by atoms with Crippen molar-refractivity contribution in [1.29, 1.82) is 0 Å². The number of anilines is 3. The predicted octanol–water partition coefficient (Wildman–Crippen LogP) is 3.41. The predicted molar refractivity (Wildman–Crippen MR) is 108 cm³/mol. The number of nitrogens with two attached hydrogens (primary N) is 1. The summed E-state index contributed by atoms with van der Waals surface area (Å²) >= 11 is 0. The van der Waals surface area contributed by atoms with Crippen LogP contribution >= 0.6 is 0 Å². The van der Waals surface area contributed by atoms with E-state index >= 15 is 0 Å². The topological polar surface area (TPSA) is 119 Å². The second-order valence-electron chi connectivity index (χ2n) is 6.90. The number of hydrogen-bond donors (Lipinski definition) is 3. The number of hydrogen-bond acceptors (Lipinski definition) is 7. The maximum absolute atomic E-state index is 12.1. The summed E-state index contributed by atoms with van der Waals surface area (Å²) in [4.78, 5) is 25.5. The minimum atomic E-state index is 0.00799. The molecule has 3 heterocycles. The third-order valence-corrected chi connectivity index (χ3v) is 4.85. The van der Waals surface area contributed by atoms with E-state index in [2.05, 4.69) is 25.6 Å². The first-order chi connectivity index (χ1) is 13.6. The summed E-state index contributed by atoms with van der Waals surface area (Å²) in [6.45, 7) is 0. The fourth-order valence-corrected chi connectivity index (χ4v) is 3.21. The minimum absolute atomic E-state index is 0.00799. The summed E-state index contributed by atoms with van der Waals surface area (Å²) in [7, 11) is 1.80. The van der Waals surface area contributed by atoms with Gasteiger partial charge in [0.1, 0.15) is 17.2 Å². The van der Waals surface area contributed by atoms with E-state index in [1.807, 2.05) is 6.07 Å². The monoisotopic (exact) mass is 374 g/mol. The normalized spacial score (nSPS) is 13.8. The highest BCUT2D eigenvalue weighted by Gasteiger charge is 2.30. The summed E-state index contributed by atoms with van der Waals surface area (Å²) < 4.78 is 5.93. The van der Waals surface area contributed by atoms with Crippen molar-refractivity contribution in [2.24, 2.45) is 5.92 Å². The Kier molecular flexibility index (Phi) is 3.65. The molecule has 0 spiro atoms. The molecule has 28 heavy (non-hydrogen) atoms. The summed E-state index contributed by atoms with van der Waals surface area (Å²) in [6.07, 6.45) is 5.27. The highest BCUT2D eigenvalue weighted by molar-refractivity contribution is 6.03. The molecule has 4 aromatic rings. The number of rotatable bonds is 4. The minimum Gasteiger partial charge on any atom is -0.436 e. The summed E-state index contributed by atoms with van der Waals surface area (Å²) in [5.74, 6) is 1.73. The fourth-order valence-electron chi connectivity index (χ4n) is 3.21. The van der Waals surface area contributed by atoms with E-state index < -0.39 is 0 Å². The molecule has 0 unspecified atom stereocenters. The molecule has 0 atom stereocenters. The van der Waals surface area contributed by atoms with E-state index in [0.717, 1.165) is 23.6 Å². The van der Waals surface area contributed by atoms with Crippen molar-refractivity contribution < 1.29 is 9.21 Å². The lowest BCUT2D eigenvalue weighted by atomic mass is 10.1. The lowest BCUT2D eigenvalue weighted by Gasteiger charge is -2.10. The first kappa shape index (κ1) is 16.5. The van der Waals surface area contributed by atoms with Crippen molar-refractivity contribution >= 4 is 45.1 Å². The molecule has 1 aliphatic carbocycles. The lowest BCUT2D eigenvalue weighted by Crippen LogP contribution is -2.14. The quantitative estimate of drug-likeness (QED) is 0.468. The van der Waals surface area contributed by atoms with E-state index in [1.54, 1.807) is 37.6 Å². The van der Waals surface area contributed by atoms with Crippen LogP contribution in [0.4, 0.5) is 17.3 Å². The second kappa shape index (κ2) is 6.19. The van der Waals surface area contributed by atoms with E-state index in [-0.39, 0.29) is 11.8 Å². The molecule has 5 rings (SSSR count). The van der Waals surface area contributed by atoms with Crippen LogP contribution < -0.4 is 16.4 Å². The molecule has 0 bridgehead atoms. The molecule has 8 heteroatoms. The first-order valence-corrected chi connectivity index (χ1v) is 9.06. The Morgan fingerprint density at radius 2 is 2.04 bits per heavy atom. The van der Waals surface area contributed by atoms with Gasteiger partial charge in [-0.3, -0.25) is 4.79 Å². The molecule has 0 aliphatic heterocycles. The average Bonchev–Trinajstić information content (AvgIpc) is 3.47. The van der Waals surface area contributed by atoms with Crippen LogP contribution in [-0.2, 0) is 4.79 Å². The van der Waals surface area contributed by atoms with Gasteiger partial charge in [0.25, 0.3) is 0 Å². The number of fused-ring (bicyclic) bond motifs is 2. The van der Waals surface area contributed by atoms with Crippen molar-refractivity contribution in [1.82, 2.24) is 15.0 Å². The second-order valence-corrected chi connectivity index (χ2v) is 6.90. The third kappa shape index (κ3) is 2.79. The molecule has 0 saturated heterocycles. The molecular weight excluding hydrogens is 356 g/mol. The number of carbonyl (C=O) groups excluding carboxylic acids is 1. The Bertz CT molecular complexity index is 1230. The number of pyridine rings is 2. The van der Waals surface area contributed by atoms with Gasteiger partial charge < -0.3 is 20.8 Å². The Morgan fingerprint density at radius 1 is 1.18 bits per heavy atom. The number of aromatic nitrogens is 3. The fraction of sp³-hybridized carbons (Fsp3) is 0.200. The van der Waals surface area contributed by atoms with Gasteiger partial charge in [-0.1, -0.05) is 0 Å². The van der Waals surface area contributed by atoms with Crippen molar-refractivity contribution in [3.05, 3.63) is 36.7 Å². The number of amides is 1. The molecule has 1 fully saturated rings. The van der Waals surface area contributed by atoms with Gasteiger partial charge in [0, 0.05) is 41.8 Å². The maximum atomic E-state index is 12.1. The lowest BCUT2D eigenvalue weighted by molar-refractivity contribution is -0.117. The Hall–Kier alpha value is -3.68. The maximum Gasteiger partial charge on any atom is 0.229 e. The van der Waals surface area contributed by atoms with E-state index in [9.17, 15) is 4.79 Å². The van der Waals surface area contributed by atoms with Crippen molar-refractivity contribution in [2.75, 3.05) is 23.4 Å². The van der Waals surface area contributed by atoms with Gasteiger partial charge in [0.05, 0.1) is 5.56 Å². The van der Waals surface area contributed by atoms with Gasteiger partial charge in [0.2, 0.25) is 11.8 Å². The zero-order valence-electron chi connectivity index (χ0n) is 15.2. The van der Waals surface area contributed by atoms with Gasteiger partial charge in [0.15, 0.2) is 5.58 Å². The van der Waals surface area contributed by atoms with Crippen molar-refractivity contribution in [3.8, 4) is 11.5 Å². The van der Waals surface area contributed by atoms with Crippen LogP contribution in [0.2, 0.25) is 0 Å². The molecule has 4 N–H and O–H groups in total. The Labute approximate surface area is 160 Å². The molecule has 0 radical (unpaired) electrons. The van der Waals surface area contributed by atoms with Crippen LogP contribution in [-0.4, -0.2) is 27.9 Å². The number of nitrogen functional groups attached to an aromatic ring is 1. The summed E-state index contributed by atoms with van der Waals surface area (Å²) in [6, 6.07) is 7.16. The molecule has 1 aromatic carbocycles. The largest absolute Gasteiger partial charge is 0.436 e. The van der Waals surface area contributed by atoms with Gasteiger partial charge in [-0.15, -0.1) is 0 Å². The van der Waals surface area contributed by atoms with E-state index in [4.69, 9.17) is 10.2 Å². The van der Waals surface area contributed by atoms with Gasteiger partial charge in [-0.25, -0.2) is 15.0 Å². The zero-order valence-corrected chi connectivity index (χ0v) is 15.2. The summed E-state index contributed by atoms with van der Waals surface area (Å²) in [5.41, 5.74) is 8.50. The molecule has 1 aliphatic rings. The van der Waals surface area contributed by atoms with Gasteiger partial charge >= 0.3 is 0 Å². The van der Waals surface area contributed by atoms with Crippen LogP contribution in [0.25, 0.3) is 33.3 Å². The van der Waals surface area contributed by atoms with Gasteiger partial charge in [-0.2, -0.15) is 0 Å². The number of nitrogens with zero attached hydrogens (tertiary/aromatic N) is 3. The Balaban J connectivity index is 1.66. The molecule has 1 saturated carbocycles. The van der Waals surface area contributed by atoms with Crippen molar-refractivity contribution in [2.45, 2.75) is 12.8 Å². The zero-order chi connectivity index (χ0) is 19.3. The number of carbonyl (C=O) groups is 1. The number of oxazole rings is 1. The van der Waals surface area contributed by atoms with E-state index in [0.29, 0.717) is 39.9 Å². The van der Waals surface area contributed by atoms with Crippen LogP contribution in [0.5, 0.6) is 0 Å². The highest BCUT2D eigenvalue weighted by Crippen LogP contribution is 2.35. The number of nitrogens with one attached hydrogen (secondary N) is 2. The van der Waals surface area contributed by atoms with Crippen LogP contribution in [0.3, 0.4) is 0 Å². The first-order valence-electron chi connectivity index (χ1n) is 9.06. The molecule has 140 valence electrons. The standard InChI is InChI=1S/C20H18N6O2/c1-22-18-13-8-23-17(26-19(27)10-2-3-10)7-12(13)14(9-24-18)20-25-15-6-11(21)4-5-16(15)28-20/h4-10H,2-3,21H2,1H3,(H,22,24)(H,23,26,27). The van der Waals surface area contributed by atoms with Crippen LogP contribution in [0, 0.1) is 5.92 Å². The number of benzene rings is 1. The van der Waals surface area contributed by atoms with Crippen molar-refractivity contribution in [3.63, 3.8) is 0 Å². The van der Waals surface area contributed by atoms with E-state index in [1.165, 1.54) is 0 Å². The van der Waals surface area contributed by atoms with Gasteiger partial charge in [-0.05, 0) is 37.1 Å². The molecular formula is C20H18N6O2. The van der Waals surface area contributed by atoms with Crippen LogP contribution in [0.15, 0.2) is 41.1 Å². The molecule has 8 nitrogen and oxygen atoms in total. The molecule has 3 aromatic heterocycles. The van der Waals surface area contributed by atoms with Crippen LogP contribution in [0.1, 0.15) is 12.8 Å². The highest BCUT2D eigenvalue weighted by atomic mass is 16.3. The summed E-state index contributed by atoms with van der Waals surface area (Å²) in [5, 5.41) is 7.60. The molecule has 1 amide bonds. The SMILES string of the molecule is CNc1ncc(-c2nc3cc(N)ccc3o2)c2cc(NC(=O)C3CC3)ncc12. The Morgan fingerprint density at radius 3 is 2.82 bits per heavy atom. The third-order valence-electron chi connectivity index (χ3n) is 4.85.